The highest BCUT2D eigenvalue weighted by atomic mass is 35.5. The van der Waals surface area contributed by atoms with Crippen molar-refractivity contribution in [1.29, 1.82) is 0 Å². The van der Waals surface area contributed by atoms with Gasteiger partial charge in [-0.2, -0.15) is 0 Å². The maximum absolute atomic E-state index is 13.7. The summed E-state index contributed by atoms with van der Waals surface area (Å²) in [5.74, 6) is -1.86. The van der Waals surface area contributed by atoms with Crippen LogP contribution in [0.1, 0.15) is 17.4 Å². The third-order valence-corrected chi connectivity index (χ3v) is 2.63. The molecule has 0 bridgehead atoms. The van der Waals surface area contributed by atoms with Crippen LogP contribution in [-0.4, -0.2) is 12.2 Å². The summed E-state index contributed by atoms with van der Waals surface area (Å²) in [6, 6.07) is 4.67. The summed E-state index contributed by atoms with van der Waals surface area (Å²) >= 11 is 5.53. The third-order valence-electron chi connectivity index (χ3n) is 2.43. The van der Waals surface area contributed by atoms with Crippen molar-refractivity contribution in [1.82, 2.24) is 0 Å². The van der Waals surface area contributed by atoms with Gasteiger partial charge in [0, 0.05) is 12.1 Å². The second-order valence-corrected chi connectivity index (χ2v) is 3.92. The number of aliphatic hydroxyl groups excluding tert-OH is 1. The minimum atomic E-state index is -1.57. The predicted octanol–water partition coefficient (Wildman–Crippen LogP) is 3.30. The number of halogens is 3. The van der Waals surface area contributed by atoms with Crippen LogP contribution in [0.4, 0.5) is 8.78 Å². The molecule has 96 valence electrons. The molecule has 0 spiro atoms. The molecule has 0 aliphatic heterocycles. The summed E-state index contributed by atoms with van der Waals surface area (Å²) in [4.78, 5) is 0. The van der Waals surface area contributed by atoms with Crippen molar-refractivity contribution < 1.29 is 23.0 Å². The van der Waals surface area contributed by atoms with E-state index in [2.05, 4.69) is 0 Å². The van der Waals surface area contributed by atoms with E-state index >= 15 is 0 Å². The highest BCUT2D eigenvalue weighted by Gasteiger charge is 2.23. The van der Waals surface area contributed by atoms with Crippen molar-refractivity contribution in [3.05, 3.63) is 52.4 Å². The molecule has 1 heterocycles. The SMILES string of the molecule is COc1cc(F)c(C(O)c2ccc(Cl)o2)c(F)c1. The summed E-state index contributed by atoms with van der Waals surface area (Å²) in [7, 11) is 1.29. The van der Waals surface area contributed by atoms with Crippen LogP contribution in [-0.2, 0) is 0 Å². The maximum Gasteiger partial charge on any atom is 0.193 e. The first-order chi connectivity index (χ1) is 8.52. The lowest BCUT2D eigenvalue weighted by Gasteiger charge is -2.11. The Balaban J connectivity index is 2.44. The molecule has 1 aromatic heterocycles. The van der Waals surface area contributed by atoms with Crippen molar-refractivity contribution in [3.63, 3.8) is 0 Å². The van der Waals surface area contributed by atoms with E-state index in [0.29, 0.717) is 0 Å². The van der Waals surface area contributed by atoms with Crippen LogP contribution < -0.4 is 4.74 Å². The normalized spacial score (nSPS) is 12.5. The Bertz CT molecular complexity index is 545. The van der Waals surface area contributed by atoms with Crippen LogP contribution in [0.25, 0.3) is 0 Å². The minimum Gasteiger partial charge on any atom is -0.497 e. The standard InChI is InChI=1S/C12H9ClF2O3/c1-17-6-4-7(14)11(8(15)5-6)12(16)9-2-3-10(13)18-9/h2-5,12,16H,1H3. The molecule has 2 rings (SSSR count). The van der Waals surface area contributed by atoms with E-state index in [4.69, 9.17) is 20.8 Å². The topological polar surface area (TPSA) is 42.6 Å². The van der Waals surface area contributed by atoms with E-state index in [1.54, 1.807) is 0 Å². The number of hydrogen-bond donors (Lipinski definition) is 1. The lowest BCUT2D eigenvalue weighted by Crippen LogP contribution is -2.05. The summed E-state index contributed by atoms with van der Waals surface area (Å²) in [5.41, 5.74) is -0.512. The molecule has 1 unspecified atom stereocenters. The summed E-state index contributed by atoms with van der Waals surface area (Å²) in [6.07, 6.45) is -1.57. The molecule has 0 saturated heterocycles. The fraction of sp³-hybridized carbons (Fsp3) is 0.167. The van der Waals surface area contributed by atoms with Gasteiger partial charge in [-0.3, -0.25) is 0 Å². The zero-order chi connectivity index (χ0) is 13.3. The van der Waals surface area contributed by atoms with E-state index in [0.717, 1.165) is 12.1 Å². The lowest BCUT2D eigenvalue weighted by molar-refractivity contribution is 0.179. The maximum atomic E-state index is 13.7. The molecule has 0 fully saturated rings. The van der Waals surface area contributed by atoms with Crippen molar-refractivity contribution in [3.8, 4) is 5.75 Å². The van der Waals surface area contributed by atoms with Crippen LogP contribution >= 0.6 is 11.6 Å². The molecular weight excluding hydrogens is 266 g/mol. The Morgan fingerprint density at radius 2 is 1.89 bits per heavy atom. The van der Waals surface area contributed by atoms with Gasteiger partial charge in [0.05, 0.1) is 12.7 Å². The van der Waals surface area contributed by atoms with Crippen molar-refractivity contribution in [2.45, 2.75) is 6.10 Å². The second-order valence-electron chi connectivity index (χ2n) is 3.55. The molecule has 6 heteroatoms. The van der Waals surface area contributed by atoms with E-state index in [1.807, 2.05) is 0 Å². The Labute approximate surface area is 107 Å². The molecule has 3 nitrogen and oxygen atoms in total. The summed E-state index contributed by atoms with van der Waals surface area (Å²) < 4.78 is 37.0. The zero-order valence-corrected chi connectivity index (χ0v) is 10.0. The smallest absolute Gasteiger partial charge is 0.193 e. The number of aliphatic hydroxyl groups is 1. The number of hydrogen-bond acceptors (Lipinski definition) is 3. The van der Waals surface area contributed by atoms with Crippen molar-refractivity contribution in [2.24, 2.45) is 0 Å². The van der Waals surface area contributed by atoms with Gasteiger partial charge in [0.25, 0.3) is 0 Å². The first kappa shape index (κ1) is 12.9. The highest BCUT2D eigenvalue weighted by molar-refractivity contribution is 6.28. The van der Waals surface area contributed by atoms with Gasteiger partial charge in [0.1, 0.15) is 29.2 Å². The van der Waals surface area contributed by atoms with E-state index in [-0.39, 0.29) is 16.7 Å². The molecule has 18 heavy (non-hydrogen) atoms. The molecule has 2 aromatic rings. The molecule has 1 aromatic carbocycles. The van der Waals surface area contributed by atoms with Crippen LogP contribution in [0.3, 0.4) is 0 Å². The number of ether oxygens (including phenoxy) is 1. The van der Waals surface area contributed by atoms with Gasteiger partial charge in [-0.1, -0.05) is 0 Å². The molecule has 0 radical (unpaired) electrons. The monoisotopic (exact) mass is 274 g/mol. The summed E-state index contributed by atoms with van der Waals surface area (Å²) in [6.45, 7) is 0. The number of furan rings is 1. The zero-order valence-electron chi connectivity index (χ0n) is 9.28. The Morgan fingerprint density at radius 1 is 1.28 bits per heavy atom. The van der Waals surface area contributed by atoms with Crippen molar-refractivity contribution >= 4 is 11.6 Å². The fourth-order valence-corrected chi connectivity index (χ4v) is 1.71. The number of methoxy groups -OCH3 is 1. The molecule has 1 atom stereocenters. The van der Waals surface area contributed by atoms with Gasteiger partial charge >= 0.3 is 0 Å². The van der Waals surface area contributed by atoms with E-state index < -0.39 is 23.3 Å². The second kappa shape index (κ2) is 4.96. The summed E-state index contributed by atoms with van der Waals surface area (Å²) in [5, 5.41) is 9.88. The lowest BCUT2D eigenvalue weighted by atomic mass is 10.1. The van der Waals surface area contributed by atoms with Crippen LogP contribution in [0.2, 0.25) is 5.22 Å². The highest BCUT2D eigenvalue weighted by Crippen LogP contribution is 2.31. The fourth-order valence-electron chi connectivity index (χ4n) is 1.56. The Kier molecular flexibility index (Phi) is 3.54. The van der Waals surface area contributed by atoms with Gasteiger partial charge < -0.3 is 14.3 Å². The molecule has 0 saturated carbocycles. The largest absolute Gasteiger partial charge is 0.497 e. The third kappa shape index (κ3) is 2.32. The van der Waals surface area contributed by atoms with E-state index in [1.165, 1.54) is 19.2 Å². The predicted molar refractivity (Wildman–Crippen MR) is 60.7 cm³/mol. The molecule has 1 N–H and O–H groups in total. The quantitative estimate of drug-likeness (QED) is 0.934. The first-order valence-electron chi connectivity index (χ1n) is 4.99. The van der Waals surface area contributed by atoms with Gasteiger partial charge in [0.2, 0.25) is 0 Å². The van der Waals surface area contributed by atoms with E-state index in [9.17, 15) is 13.9 Å². The van der Waals surface area contributed by atoms with Gasteiger partial charge in [0.15, 0.2) is 5.22 Å². The molecule has 0 aliphatic carbocycles. The molecular formula is C12H9ClF2O3. The van der Waals surface area contributed by atoms with Crippen molar-refractivity contribution in [2.75, 3.05) is 7.11 Å². The molecule has 0 amide bonds. The Hall–Kier alpha value is -1.59. The van der Waals surface area contributed by atoms with Crippen LogP contribution in [0.15, 0.2) is 28.7 Å². The average molecular weight is 275 g/mol. The van der Waals surface area contributed by atoms with Gasteiger partial charge in [-0.05, 0) is 23.7 Å². The molecule has 0 aliphatic rings. The average Bonchev–Trinajstić information content (AvgIpc) is 2.74. The number of benzene rings is 1. The number of rotatable bonds is 3. The van der Waals surface area contributed by atoms with Crippen LogP contribution in [0.5, 0.6) is 5.75 Å². The Morgan fingerprint density at radius 3 is 2.33 bits per heavy atom. The first-order valence-corrected chi connectivity index (χ1v) is 5.37. The van der Waals surface area contributed by atoms with Gasteiger partial charge in [-0.15, -0.1) is 0 Å². The van der Waals surface area contributed by atoms with Gasteiger partial charge in [-0.25, -0.2) is 8.78 Å². The minimum absolute atomic E-state index is 0.0263. The van der Waals surface area contributed by atoms with Crippen LogP contribution in [0, 0.1) is 11.6 Å².